The maximum absolute atomic E-state index is 12.4. The lowest BCUT2D eigenvalue weighted by molar-refractivity contribution is 0.0932. The Hall–Kier alpha value is -1.80. The van der Waals surface area contributed by atoms with E-state index in [9.17, 15) is 4.79 Å². The van der Waals surface area contributed by atoms with Gasteiger partial charge in [0.15, 0.2) is 0 Å². The Morgan fingerprint density at radius 3 is 2.29 bits per heavy atom. The summed E-state index contributed by atoms with van der Waals surface area (Å²) >= 11 is 6.09. The van der Waals surface area contributed by atoms with Crippen molar-refractivity contribution in [1.29, 1.82) is 0 Å². The summed E-state index contributed by atoms with van der Waals surface area (Å²) in [5, 5.41) is 3.58. The SMILES string of the molecule is CC(C)C[C@@H](NC(=O)c1ccccc1Cl)c1ccccc1. The topological polar surface area (TPSA) is 29.1 Å². The molecule has 1 N–H and O–H groups in total. The average Bonchev–Trinajstić information content (AvgIpc) is 2.47. The molecule has 0 aliphatic rings. The average molecular weight is 302 g/mol. The summed E-state index contributed by atoms with van der Waals surface area (Å²) in [5.41, 5.74) is 1.63. The molecule has 1 amide bonds. The first-order chi connectivity index (χ1) is 10.1. The van der Waals surface area contributed by atoms with Gasteiger partial charge in [-0.1, -0.05) is 67.9 Å². The van der Waals surface area contributed by atoms with E-state index in [2.05, 4.69) is 19.2 Å². The summed E-state index contributed by atoms with van der Waals surface area (Å²) in [6.45, 7) is 4.30. The van der Waals surface area contributed by atoms with Crippen molar-refractivity contribution in [3.05, 3.63) is 70.7 Å². The third-order valence-corrected chi connectivity index (χ3v) is 3.66. The van der Waals surface area contributed by atoms with Gasteiger partial charge in [-0.15, -0.1) is 0 Å². The summed E-state index contributed by atoms with van der Waals surface area (Å²) in [7, 11) is 0. The van der Waals surface area contributed by atoms with Crippen molar-refractivity contribution in [3.63, 3.8) is 0 Å². The molecule has 0 saturated carbocycles. The van der Waals surface area contributed by atoms with Crippen LogP contribution in [0.5, 0.6) is 0 Å². The zero-order valence-electron chi connectivity index (χ0n) is 12.3. The van der Waals surface area contributed by atoms with Crippen LogP contribution in [-0.4, -0.2) is 5.91 Å². The van der Waals surface area contributed by atoms with E-state index in [1.807, 2.05) is 42.5 Å². The van der Waals surface area contributed by atoms with Gasteiger partial charge in [-0.05, 0) is 30.0 Å². The van der Waals surface area contributed by atoms with Crippen LogP contribution in [0.25, 0.3) is 0 Å². The first kappa shape index (κ1) is 15.6. The largest absolute Gasteiger partial charge is 0.345 e. The lowest BCUT2D eigenvalue weighted by Crippen LogP contribution is -2.29. The molecular formula is C18H20ClNO. The van der Waals surface area contributed by atoms with Gasteiger partial charge in [-0.25, -0.2) is 0 Å². The number of hydrogen-bond acceptors (Lipinski definition) is 1. The van der Waals surface area contributed by atoms with Gasteiger partial charge < -0.3 is 5.32 Å². The summed E-state index contributed by atoms with van der Waals surface area (Å²) in [5.74, 6) is 0.358. The molecule has 0 radical (unpaired) electrons. The Balaban J connectivity index is 2.19. The predicted molar refractivity (Wildman–Crippen MR) is 87.6 cm³/mol. The summed E-state index contributed by atoms with van der Waals surface area (Å²) < 4.78 is 0. The van der Waals surface area contributed by atoms with E-state index in [0.717, 1.165) is 12.0 Å². The quantitative estimate of drug-likeness (QED) is 0.839. The molecule has 0 aliphatic heterocycles. The van der Waals surface area contributed by atoms with E-state index in [-0.39, 0.29) is 11.9 Å². The van der Waals surface area contributed by atoms with Crippen LogP contribution in [0.2, 0.25) is 5.02 Å². The van der Waals surface area contributed by atoms with Crippen molar-refractivity contribution in [2.75, 3.05) is 0 Å². The predicted octanol–water partition coefficient (Wildman–Crippen LogP) is 4.86. The van der Waals surface area contributed by atoms with Gasteiger partial charge in [0.25, 0.3) is 5.91 Å². The molecule has 21 heavy (non-hydrogen) atoms. The van der Waals surface area contributed by atoms with Crippen molar-refractivity contribution >= 4 is 17.5 Å². The molecule has 0 unspecified atom stereocenters. The van der Waals surface area contributed by atoms with Crippen molar-refractivity contribution in [1.82, 2.24) is 5.32 Å². The van der Waals surface area contributed by atoms with Crippen LogP contribution in [0.1, 0.15) is 42.2 Å². The van der Waals surface area contributed by atoms with Crippen LogP contribution in [0.3, 0.4) is 0 Å². The molecule has 0 heterocycles. The molecule has 2 nitrogen and oxygen atoms in total. The summed E-state index contributed by atoms with van der Waals surface area (Å²) in [6, 6.07) is 17.2. The number of halogens is 1. The third-order valence-electron chi connectivity index (χ3n) is 3.33. The Labute approximate surface area is 131 Å². The molecule has 0 fully saturated rings. The number of nitrogens with one attached hydrogen (secondary N) is 1. The number of carbonyl (C=O) groups excluding carboxylic acids is 1. The van der Waals surface area contributed by atoms with Gasteiger partial charge in [-0.2, -0.15) is 0 Å². The second-order valence-corrected chi connectivity index (χ2v) is 5.95. The fourth-order valence-electron chi connectivity index (χ4n) is 2.32. The highest BCUT2D eigenvalue weighted by Crippen LogP contribution is 2.23. The van der Waals surface area contributed by atoms with E-state index in [1.165, 1.54) is 0 Å². The molecule has 0 bridgehead atoms. The second kappa shape index (κ2) is 7.28. The lowest BCUT2D eigenvalue weighted by atomic mass is 9.96. The Bertz CT molecular complexity index is 595. The summed E-state index contributed by atoms with van der Waals surface area (Å²) in [4.78, 5) is 12.4. The molecular weight excluding hydrogens is 282 g/mol. The minimum Gasteiger partial charge on any atom is -0.345 e. The first-order valence-corrected chi connectivity index (χ1v) is 7.56. The number of rotatable bonds is 5. The molecule has 110 valence electrons. The van der Waals surface area contributed by atoms with Crippen molar-refractivity contribution in [3.8, 4) is 0 Å². The van der Waals surface area contributed by atoms with Gasteiger partial charge in [0.05, 0.1) is 16.6 Å². The second-order valence-electron chi connectivity index (χ2n) is 5.55. The zero-order valence-corrected chi connectivity index (χ0v) is 13.1. The van der Waals surface area contributed by atoms with Crippen molar-refractivity contribution in [2.45, 2.75) is 26.3 Å². The standard InChI is InChI=1S/C18H20ClNO/c1-13(2)12-17(14-8-4-3-5-9-14)20-18(21)15-10-6-7-11-16(15)19/h3-11,13,17H,12H2,1-2H3,(H,20,21)/t17-/m1/s1. The molecule has 0 aromatic heterocycles. The maximum Gasteiger partial charge on any atom is 0.253 e. The molecule has 2 aromatic rings. The van der Waals surface area contributed by atoms with Gasteiger partial charge in [0, 0.05) is 0 Å². The van der Waals surface area contributed by atoms with Gasteiger partial charge in [-0.3, -0.25) is 4.79 Å². The van der Waals surface area contributed by atoms with Crippen LogP contribution in [0.15, 0.2) is 54.6 Å². The number of hydrogen-bond donors (Lipinski definition) is 1. The number of amides is 1. The zero-order chi connectivity index (χ0) is 15.2. The smallest absolute Gasteiger partial charge is 0.253 e. The van der Waals surface area contributed by atoms with Crippen LogP contribution in [-0.2, 0) is 0 Å². The van der Waals surface area contributed by atoms with Crippen LogP contribution >= 0.6 is 11.6 Å². The first-order valence-electron chi connectivity index (χ1n) is 7.18. The van der Waals surface area contributed by atoms with E-state index < -0.39 is 0 Å². The Kier molecular flexibility index (Phi) is 5.40. The number of benzene rings is 2. The van der Waals surface area contributed by atoms with Gasteiger partial charge in [0.1, 0.15) is 0 Å². The van der Waals surface area contributed by atoms with Gasteiger partial charge in [0.2, 0.25) is 0 Å². The fraction of sp³-hybridized carbons (Fsp3) is 0.278. The van der Waals surface area contributed by atoms with E-state index in [1.54, 1.807) is 12.1 Å². The monoisotopic (exact) mass is 301 g/mol. The van der Waals surface area contributed by atoms with Crippen molar-refractivity contribution < 1.29 is 4.79 Å². The van der Waals surface area contributed by atoms with Gasteiger partial charge >= 0.3 is 0 Å². The Morgan fingerprint density at radius 1 is 1.05 bits per heavy atom. The minimum absolute atomic E-state index is 0.00465. The van der Waals surface area contributed by atoms with E-state index in [4.69, 9.17) is 11.6 Å². The summed E-state index contributed by atoms with van der Waals surface area (Å²) in [6.07, 6.45) is 0.889. The van der Waals surface area contributed by atoms with E-state index in [0.29, 0.717) is 16.5 Å². The molecule has 1 atom stereocenters. The molecule has 0 spiro atoms. The minimum atomic E-state index is -0.130. The fourth-order valence-corrected chi connectivity index (χ4v) is 2.54. The normalized spacial score (nSPS) is 12.2. The molecule has 0 aliphatic carbocycles. The number of carbonyl (C=O) groups is 1. The highest BCUT2D eigenvalue weighted by atomic mass is 35.5. The third kappa shape index (κ3) is 4.33. The lowest BCUT2D eigenvalue weighted by Gasteiger charge is -2.21. The Morgan fingerprint density at radius 2 is 1.67 bits per heavy atom. The molecule has 3 heteroatoms. The van der Waals surface area contributed by atoms with Crippen LogP contribution in [0.4, 0.5) is 0 Å². The maximum atomic E-state index is 12.4. The van der Waals surface area contributed by atoms with Crippen LogP contribution in [0, 0.1) is 5.92 Å². The van der Waals surface area contributed by atoms with E-state index >= 15 is 0 Å². The molecule has 2 aromatic carbocycles. The highest BCUT2D eigenvalue weighted by Gasteiger charge is 2.18. The van der Waals surface area contributed by atoms with Crippen LogP contribution < -0.4 is 5.32 Å². The highest BCUT2D eigenvalue weighted by molar-refractivity contribution is 6.33. The molecule has 2 rings (SSSR count). The van der Waals surface area contributed by atoms with Crippen molar-refractivity contribution in [2.24, 2.45) is 5.92 Å². The molecule has 0 saturated heterocycles.